The van der Waals surface area contributed by atoms with E-state index < -0.39 is 0 Å². The topological polar surface area (TPSA) is 27.6 Å². The van der Waals surface area contributed by atoms with E-state index in [-0.39, 0.29) is 0 Å². The number of nitrogens with zero attached hydrogens (tertiary/aromatic N) is 2. The van der Waals surface area contributed by atoms with E-state index in [2.05, 4.69) is 41.4 Å². The minimum Gasteiger partial charge on any atom is -0.357 e. The van der Waals surface area contributed by atoms with Crippen LogP contribution in [0.3, 0.4) is 0 Å². The number of fused-ring (bicyclic) bond motifs is 2. The molecule has 3 unspecified atom stereocenters. The van der Waals surface area contributed by atoms with E-state index >= 15 is 0 Å². The quantitative estimate of drug-likeness (QED) is 0.684. The molecule has 0 radical (unpaired) electrons. The van der Waals surface area contributed by atoms with Crippen molar-refractivity contribution in [1.29, 1.82) is 0 Å². The summed E-state index contributed by atoms with van der Waals surface area (Å²) >= 11 is 0. The molecule has 0 aromatic heterocycles. The molecule has 0 bridgehead atoms. The molecule has 0 amide bonds. The summed E-state index contributed by atoms with van der Waals surface area (Å²) in [5, 5.41) is 3.54. The van der Waals surface area contributed by atoms with Crippen LogP contribution in [0.15, 0.2) is 29.3 Å². The second kappa shape index (κ2) is 6.54. The van der Waals surface area contributed by atoms with Gasteiger partial charge >= 0.3 is 0 Å². The average Bonchev–Trinajstić information content (AvgIpc) is 2.98. The highest BCUT2D eigenvalue weighted by molar-refractivity contribution is 5.80. The van der Waals surface area contributed by atoms with Gasteiger partial charge in [-0.2, -0.15) is 0 Å². The van der Waals surface area contributed by atoms with Gasteiger partial charge in [0.05, 0.1) is 0 Å². The molecule has 1 aliphatic heterocycles. The monoisotopic (exact) mass is 311 g/mol. The van der Waals surface area contributed by atoms with E-state index in [4.69, 9.17) is 4.99 Å². The van der Waals surface area contributed by atoms with Crippen molar-refractivity contribution in [2.45, 2.75) is 44.9 Å². The first-order valence-electron chi connectivity index (χ1n) is 9.46. The summed E-state index contributed by atoms with van der Waals surface area (Å²) < 4.78 is 0. The Morgan fingerprint density at radius 2 is 1.91 bits per heavy atom. The second-order valence-corrected chi connectivity index (χ2v) is 7.50. The van der Waals surface area contributed by atoms with E-state index in [1.54, 1.807) is 0 Å². The Morgan fingerprint density at radius 3 is 2.61 bits per heavy atom. The van der Waals surface area contributed by atoms with Crippen LogP contribution in [0, 0.1) is 11.8 Å². The molecule has 1 heterocycles. The fourth-order valence-corrected chi connectivity index (χ4v) is 4.73. The molecule has 0 spiro atoms. The molecule has 2 aliphatic carbocycles. The van der Waals surface area contributed by atoms with Gasteiger partial charge in [0.25, 0.3) is 0 Å². The number of nitrogens with one attached hydrogen (secondary N) is 1. The van der Waals surface area contributed by atoms with Gasteiger partial charge in [-0.05, 0) is 49.1 Å². The maximum Gasteiger partial charge on any atom is 0.193 e. The van der Waals surface area contributed by atoms with Crippen LogP contribution in [-0.4, -0.2) is 37.0 Å². The normalized spacial score (nSPS) is 29.7. The highest BCUT2D eigenvalue weighted by Crippen LogP contribution is 2.37. The van der Waals surface area contributed by atoms with Gasteiger partial charge < -0.3 is 10.2 Å². The highest BCUT2D eigenvalue weighted by atomic mass is 15.3. The number of hydrogen-bond donors (Lipinski definition) is 1. The molecule has 1 aromatic carbocycles. The predicted octanol–water partition coefficient (Wildman–Crippen LogP) is 3.41. The Labute approximate surface area is 140 Å². The molecular weight excluding hydrogens is 282 g/mol. The van der Waals surface area contributed by atoms with Crippen LogP contribution in [0.25, 0.3) is 0 Å². The predicted molar refractivity (Wildman–Crippen MR) is 95.9 cm³/mol. The van der Waals surface area contributed by atoms with Gasteiger partial charge in [0.1, 0.15) is 0 Å². The largest absolute Gasteiger partial charge is 0.357 e. The van der Waals surface area contributed by atoms with Crippen LogP contribution >= 0.6 is 0 Å². The molecule has 1 N–H and O–H groups in total. The first-order valence-corrected chi connectivity index (χ1v) is 9.46. The molecule has 3 aliphatic rings. The van der Waals surface area contributed by atoms with Gasteiger partial charge in [0, 0.05) is 32.1 Å². The van der Waals surface area contributed by atoms with Crippen molar-refractivity contribution in [2.75, 3.05) is 26.2 Å². The summed E-state index contributed by atoms with van der Waals surface area (Å²) in [6.45, 7) is 6.52. The number of benzene rings is 1. The number of rotatable bonds is 3. The zero-order chi connectivity index (χ0) is 15.6. The first-order chi connectivity index (χ1) is 11.3. The number of aliphatic imine (C=N–C) groups is 1. The molecule has 124 valence electrons. The van der Waals surface area contributed by atoms with E-state index in [1.165, 1.54) is 56.3 Å². The smallest absolute Gasteiger partial charge is 0.193 e. The van der Waals surface area contributed by atoms with Gasteiger partial charge in [-0.1, -0.05) is 37.1 Å². The van der Waals surface area contributed by atoms with Crippen molar-refractivity contribution in [3.63, 3.8) is 0 Å². The van der Waals surface area contributed by atoms with Crippen LogP contribution < -0.4 is 5.32 Å². The Hall–Kier alpha value is -1.51. The van der Waals surface area contributed by atoms with E-state index in [0.717, 1.165) is 30.9 Å². The Morgan fingerprint density at radius 1 is 1.17 bits per heavy atom. The summed E-state index contributed by atoms with van der Waals surface area (Å²) in [6.07, 6.45) is 6.92. The average molecular weight is 311 g/mol. The third-order valence-electron chi connectivity index (χ3n) is 6.03. The third kappa shape index (κ3) is 2.98. The second-order valence-electron chi connectivity index (χ2n) is 7.50. The summed E-state index contributed by atoms with van der Waals surface area (Å²) in [5.74, 6) is 3.62. The van der Waals surface area contributed by atoms with Gasteiger partial charge in [-0.3, -0.25) is 4.99 Å². The first kappa shape index (κ1) is 15.0. The van der Waals surface area contributed by atoms with Crippen LogP contribution in [-0.2, 0) is 6.42 Å². The van der Waals surface area contributed by atoms with Crippen molar-refractivity contribution in [2.24, 2.45) is 16.8 Å². The fraction of sp³-hybridized carbons (Fsp3) is 0.650. The van der Waals surface area contributed by atoms with Crippen molar-refractivity contribution in [3.8, 4) is 0 Å². The van der Waals surface area contributed by atoms with E-state index in [0.29, 0.717) is 5.92 Å². The van der Waals surface area contributed by atoms with Gasteiger partial charge in [-0.25, -0.2) is 0 Å². The molecule has 1 aromatic rings. The molecule has 1 saturated heterocycles. The van der Waals surface area contributed by atoms with Crippen LogP contribution in [0.1, 0.15) is 49.7 Å². The summed E-state index contributed by atoms with van der Waals surface area (Å²) in [7, 11) is 0. The molecule has 3 heteroatoms. The minimum absolute atomic E-state index is 0.629. The summed E-state index contributed by atoms with van der Waals surface area (Å²) in [4.78, 5) is 7.54. The molecular formula is C20H29N3. The Balaban J connectivity index is 1.42. The lowest BCUT2D eigenvalue weighted by Gasteiger charge is -2.29. The Kier molecular flexibility index (Phi) is 4.28. The van der Waals surface area contributed by atoms with E-state index in [1.807, 2.05) is 0 Å². The maximum atomic E-state index is 5.01. The number of guanidine groups is 1. The van der Waals surface area contributed by atoms with Crippen LogP contribution in [0.2, 0.25) is 0 Å². The molecule has 3 atom stereocenters. The SMILES string of the molecule is CCNC(=NCC1Cc2ccccc21)N1CC2CCCCC2C1. The molecule has 3 nitrogen and oxygen atoms in total. The van der Waals surface area contributed by atoms with Crippen molar-refractivity contribution in [3.05, 3.63) is 35.4 Å². The molecule has 2 fully saturated rings. The lowest BCUT2D eigenvalue weighted by molar-refractivity contribution is 0.299. The van der Waals surface area contributed by atoms with Crippen molar-refractivity contribution >= 4 is 5.96 Å². The van der Waals surface area contributed by atoms with Gasteiger partial charge in [0.2, 0.25) is 0 Å². The zero-order valence-corrected chi connectivity index (χ0v) is 14.3. The Bertz CT molecular complexity index is 566. The maximum absolute atomic E-state index is 5.01. The fourth-order valence-electron chi connectivity index (χ4n) is 4.73. The van der Waals surface area contributed by atoms with Crippen LogP contribution in [0.5, 0.6) is 0 Å². The standard InChI is InChI=1S/C20H29N3/c1-2-21-20(23-13-16-8-3-4-9-17(16)14-23)22-12-18-11-15-7-5-6-10-19(15)18/h5-7,10,16-18H,2-4,8-9,11-14H2,1H3,(H,21,22). The van der Waals surface area contributed by atoms with Crippen molar-refractivity contribution in [1.82, 2.24) is 10.2 Å². The minimum atomic E-state index is 0.629. The third-order valence-corrected chi connectivity index (χ3v) is 6.03. The van der Waals surface area contributed by atoms with Crippen LogP contribution in [0.4, 0.5) is 0 Å². The number of hydrogen-bond acceptors (Lipinski definition) is 1. The lowest BCUT2D eigenvalue weighted by Crippen LogP contribution is -2.40. The highest BCUT2D eigenvalue weighted by Gasteiger charge is 2.35. The van der Waals surface area contributed by atoms with E-state index in [9.17, 15) is 0 Å². The molecule has 4 rings (SSSR count). The molecule has 23 heavy (non-hydrogen) atoms. The van der Waals surface area contributed by atoms with Gasteiger partial charge in [0.15, 0.2) is 5.96 Å². The summed E-state index contributed by atoms with van der Waals surface area (Å²) in [6, 6.07) is 8.84. The lowest BCUT2D eigenvalue weighted by atomic mass is 9.78. The molecule has 1 saturated carbocycles. The van der Waals surface area contributed by atoms with Gasteiger partial charge in [-0.15, -0.1) is 0 Å². The zero-order valence-electron chi connectivity index (χ0n) is 14.3. The van der Waals surface area contributed by atoms with Crippen molar-refractivity contribution < 1.29 is 0 Å². The summed E-state index contributed by atoms with van der Waals surface area (Å²) in [5.41, 5.74) is 3.03. The number of likely N-dealkylation sites (tertiary alicyclic amines) is 1.